The number of aromatic nitrogens is 2. The van der Waals surface area contributed by atoms with Gasteiger partial charge in [0.1, 0.15) is 5.82 Å². The molecule has 1 unspecified atom stereocenters. The van der Waals surface area contributed by atoms with Gasteiger partial charge in [0, 0.05) is 22.8 Å². The first kappa shape index (κ1) is 14.9. The molecule has 2 N–H and O–H groups in total. The zero-order valence-electron chi connectivity index (χ0n) is 12.2. The normalized spacial score (nSPS) is 12.4. The predicted molar refractivity (Wildman–Crippen MR) is 83.2 cm³/mol. The lowest BCUT2D eigenvalue weighted by molar-refractivity contribution is 0.733. The first-order valence-electron chi connectivity index (χ1n) is 6.79. The molecule has 0 saturated heterocycles. The van der Waals surface area contributed by atoms with Crippen molar-refractivity contribution in [2.45, 2.75) is 33.1 Å². The van der Waals surface area contributed by atoms with E-state index in [2.05, 4.69) is 16.9 Å². The minimum Gasteiger partial charge on any atom is -0.330 e. The Morgan fingerprint density at radius 1 is 1.10 bits per heavy atom. The first-order chi connectivity index (χ1) is 9.51. The third kappa shape index (κ3) is 3.35. The van der Waals surface area contributed by atoms with Gasteiger partial charge in [-0.3, -0.25) is 0 Å². The molecule has 106 valence electrons. The zero-order chi connectivity index (χ0) is 14.7. The summed E-state index contributed by atoms with van der Waals surface area (Å²) in [6.45, 7) is 6.78. The van der Waals surface area contributed by atoms with E-state index in [-0.39, 0.29) is 0 Å². The molecule has 0 bridgehead atoms. The topological polar surface area (TPSA) is 51.8 Å². The third-order valence-corrected chi connectivity index (χ3v) is 3.75. The quantitative estimate of drug-likeness (QED) is 0.938. The Kier molecular flexibility index (Phi) is 4.73. The van der Waals surface area contributed by atoms with Crippen molar-refractivity contribution in [3.05, 3.63) is 57.6 Å². The highest BCUT2D eigenvalue weighted by atomic mass is 35.5. The number of aryl methyl sites for hydroxylation is 2. The van der Waals surface area contributed by atoms with E-state index in [0.29, 0.717) is 12.5 Å². The molecule has 2 aromatic rings. The second-order valence-corrected chi connectivity index (χ2v) is 5.60. The molecule has 0 amide bonds. The maximum absolute atomic E-state index is 5.89. The fourth-order valence-corrected chi connectivity index (χ4v) is 2.62. The summed E-state index contributed by atoms with van der Waals surface area (Å²) in [5.41, 5.74) is 10.1. The summed E-state index contributed by atoms with van der Waals surface area (Å²) in [6.07, 6.45) is 0.718. The number of nitrogens with two attached hydrogens (primary N) is 1. The molecule has 1 aromatic carbocycles. The molecule has 0 spiro atoms. The van der Waals surface area contributed by atoms with Crippen LogP contribution in [-0.4, -0.2) is 16.5 Å². The van der Waals surface area contributed by atoms with E-state index in [1.54, 1.807) is 0 Å². The molecule has 20 heavy (non-hydrogen) atoms. The van der Waals surface area contributed by atoms with Gasteiger partial charge >= 0.3 is 0 Å². The van der Waals surface area contributed by atoms with Crippen molar-refractivity contribution in [2.24, 2.45) is 5.73 Å². The van der Waals surface area contributed by atoms with Gasteiger partial charge in [0.15, 0.2) is 0 Å². The van der Waals surface area contributed by atoms with Crippen LogP contribution >= 0.6 is 11.6 Å². The minimum atomic E-state index is 0.291. The predicted octanol–water partition coefficient (Wildman–Crippen LogP) is 3.40. The maximum atomic E-state index is 5.89. The van der Waals surface area contributed by atoms with Crippen molar-refractivity contribution in [1.29, 1.82) is 0 Å². The molecular formula is C16H20ClN3. The van der Waals surface area contributed by atoms with Crippen LogP contribution < -0.4 is 5.73 Å². The van der Waals surface area contributed by atoms with Crippen LogP contribution in [0.25, 0.3) is 0 Å². The molecule has 0 saturated carbocycles. The SMILES string of the molecule is Cc1nc(Cc2ccc(Cl)cc2)nc(C)c1C(C)CN. The lowest BCUT2D eigenvalue weighted by atomic mass is 9.98. The Hall–Kier alpha value is -1.45. The van der Waals surface area contributed by atoms with Crippen LogP contribution in [0.15, 0.2) is 24.3 Å². The third-order valence-electron chi connectivity index (χ3n) is 3.49. The molecule has 0 aliphatic heterocycles. The van der Waals surface area contributed by atoms with Crippen LogP contribution in [0.2, 0.25) is 5.02 Å². The summed E-state index contributed by atoms with van der Waals surface area (Å²) in [6, 6.07) is 7.79. The fourth-order valence-electron chi connectivity index (χ4n) is 2.49. The summed E-state index contributed by atoms with van der Waals surface area (Å²) in [5, 5.41) is 0.745. The molecule has 3 nitrogen and oxygen atoms in total. The summed E-state index contributed by atoms with van der Waals surface area (Å²) >= 11 is 5.89. The Balaban J connectivity index is 2.28. The smallest absolute Gasteiger partial charge is 0.133 e. The Bertz CT molecular complexity index is 570. The lowest BCUT2D eigenvalue weighted by Crippen LogP contribution is -2.15. The van der Waals surface area contributed by atoms with Crippen molar-refractivity contribution in [1.82, 2.24) is 9.97 Å². The molecule has 2 rings (SSSR count). The molecule has 1 heterocycles. The van der Waals surface area contributed by atoms with Gasteiger partial charge in [0.2, 0.25) is 0 Å². The highest BCUT2D eigenvalue weighted by molar-refractivity contribution is 6.30. The maximum Gasteiger partial charge on any atom is 0.133 e. The van der Waals surface area contributed by atoms with E-state index in [0.717, 1.165) is 34.2 Å². The molecule has 4 heteroatoms. The number of hydrogen-bond acceptors (Lipinski definition) is 3. The Morgan fingerprint density at radius 3 is 2.15 bits per heavy atom. The van der Waals surface area contributed by atoms with Crippen molar-refractivity contribution >= 4 is 11.6 Å². The van der Waals surface area contributed by atoms with Crippen molar-refractivity contribution < 1.29 is 0 Å². The Morgan fingerprint density at radius 2 is 1.65 bits per heavy atom. The second-order valence-electron chi connectivity index (χ2n) is 5.16. The summed E-state index contributed by atoms with van der Waals surface area (Å²) in [4.78, 5) is 9.24. The lowest BCUT2D eigenvalue weighted by Gasteiger charge is -2.15. The van der Waals surface area contributed by atoms with E-state index >= 15 is 0 Å². The average Bonchev–Trinajstić information content (AvgIpc) is 2.40. The zero-order valence-corrected chi connectivity index (χ0v) is 12.9. The second kappa shape index (κ2) is 6.33. The molecule has 0 aliphatic carbocycles. The molecule has 0 radical (unpaired) electrons. The van der Waals surface area contributed by atoms with Gasteiger partial charge < -0.3 is 5.73 Å². The van der Waals surface area contributed by atoms with Crippen LogP contribution in [0.4, 0.5) is 0 Å². The van der Waals surface area contributed by atoms with E-state index in [1.165, 1.54) is 5.56 Å². The average molecular weight is 290 g/mol. The van der Waals surface area contributed by atoms with E-state index in [9.17, 15) is 0 Å². The van der Waals surface area contributed by atoms with Crippen LogP contribution in [-0.2, 0) is 6.42 Å². The molecule has 1 aromatic heterocycles. The van der Waals surface area contributed by atoms with Crippen molar-refractivity contribution in [3.63, 3.8) is 0 Å². The number of hydrogen-bond donors (Lipinski definition) is 1. The number of nitrogens with zero attached hydrogens (tertiary/aromatic N) is 2. The molecule has 1 atom stereocenters. The summed E-state index contributed by atoms with van der Waals surface area (Å²) in [5.74, 6) is 1.13. The van der Waals surface area contributed by atoms with E-state index in [4.69, 9.17) is 17.3 Å². The number of rotatable bonds is 4. The van der Waals surface area contributed by atoms with Crippen LogP contribution in [0.1, 0.15) is 41.2 Å². The van der Waals surface area contributed by atoms with Crippen LogP contribution in [0, 0.1) is 13.8 Å². The largest absolute Gasteiger partial charge is 0.330 e. The van der Waals surface area contributed by atoms with Crippen molar-refractivity contribution in [2.75, 3.05) is 6.54 Å². The minimum absolute atomic E-state index is 0.291. The van der Waals surface area contributed by atoms with Gasteiger partial charge in [-0.25, -0.2) is 9.97 Å². The highest BCUT2D eigenvalue weighted by Crippen LogP contribution is 2.21. The summed E-state index contributed by atoms with van der Waals surface area (Å²) in [7, 11) is 0. The van der Waals surface area contributed by atoms with Crippen LogP contribution in [0.5, 0.6) is 0 Å². The standard InChI is InChI=1S/C16H20ClN3/c1-10(9-18)16-11(2)19-15(20-12(16)3)8-13-4-6-14(17)7-5-13/h4-7,10H,8-9,18H2,1-3H3. The number of benzene rings is 1. The van der Waals surface area contributed by atoms with Gasteiger partial charge in [-0.2, -0.15) is 0 Å². The van der Waals surface area contributed by atoms with E-state index in [1.807, 2.05) is 38.1 Å². The van der Waals surface area contributed by atoms with Gasteiger partial charge in [0.05, 0.1) is 0 Å². The fraction of sp³-hybridized carbons (Fsp3) is 0.375. The monoisotopic (exact) mass is 289 g/mol. The Labute approximate surface area is 125 Å². The van der Waals surface area contributed by atoms with Crippen LogP contribution in [0.3, 0.4) is 0 Å². The highest BCUT2D eigenvalue weighted by Gasteiger charge is 2.14. The van der Waals surface area contributed by atoms with Gasteiger partial charge in [0.25, 0.3) is 0 Å². The van der Waals surface area contributed by atoms with Crippen molar-refractivity contribution in [3.8, 4) is 0 Å². The van der Waals surface area contributed by atoms with E-state index < -0.39 is 0 Å². The van der Waals surface area contributed by atoms with Gasteiger partial charge in [-0.15, -0.1) is 0 Å². The first-order valence-corrected chi connectivity index (χ1v) is 7.17. The molecule has 0 aliphatic rings. The van der Waals surface area contributed by atoms with Gasteiger partial charge in [-0.05, 0) is 49.6 Å². The summed E-state index contributed by atoms with van der Waals surface area (Å²) < 4.78 is 0. The molecular weight excluding hydrogens is 270 g/mol. The van der Waals surface area contributed by atoms with Gasteiger partial charge in [-0.1, -0.05) is 30.7 Å². The number of halogens is 1. The molecule has 0 fully saturated rings.